The number of carbonyl (C=O) groups excluding carboxylic acids is 2. The number of nitrogens with zero attached hydrogens (tertiary/aromatic N) is 1. The molecule has 1 aromatic heterocycles. The van der Waals surface area contributed by atoms with Crippen molar-refractivity contribution in [1.29, 1.82) is 0 Å². The van der Waals surface area contributed by atoms with Crippen molar-refractivity contribution in [2.75, 3.05) is 20.2 Å². The third-order valence-electron chi connectivity index (χ3n) is 7.17. The zero-order valence-electron chi connectivity index (χ0n) is 26.1. The molecule has 7 nitrogen and oxygen atoms in total. The molecule has 0 aliphatic rings. The van der Waals surface area contributed by atoms with Crippen LogP contribution in [-0.4, -0.2) is 50.3 Å². The first kappa shape index (κ1) is 34.0. The van der Waals surface area contributed by atoms with Gasteiger partial charge in [-0.15, -0.1) is 11.3 Å². The van der Waals surface area contributed by atoms with Gasteiger partial charge in [0, 0.05) is 29.3 Å². The van der Waals surface area contributed by atoms with Crippen LogP contribution in [0, 0.1) is 19.3 Å². The molecule has 0 amide bonds. The van der Waals surface area contributed by atoms with Crippen molar-refractivity contribution in [2.24, 2.45) is 5.41 Å². The van der Waals surface area contributed by atoms with Crippen molar-refractivity contribution in [3.63, 3.8) is 0 Å². The summed E-state index contributed by atoms with van der Waals surface area (Å²) in [7, 11) is -2.30. The zero-order chi connectivity index (χ0) is 30.7. The second kappa shape index (κ2) is 12.7. The number of rotatable bonds is 12. The van der Waals surface area contributed by atoms with Gasteiger partial charge in [-0.05, 0) is 76.3 Å². The molecule has 0 spiro atoms. The molecule has 0 saturated carbocycles. The molecule has 1 aromatic carbocycles. The first-order valence-corrected chi connectivity index (χ1v) is 16.1. The normalized spacial score (nSPS) is 13.0. The summed E-state index contributed by atoms with van der Waals surface area (Å²) in [5.41, 5.74) is 1.22. The molecular formula is C31H47NO6S2. The van der Waals surface area contributed by atoms with E-state index in [1.165, 1.54) is 22.7 Å². The van der Waals surface area contributed by atoms with Crippen molar-refractivity contribution in [3.8, 4) is 5.75 Å². The quantitative estimate of drug-likeness (QED) is 0.251. The van der Waals surface area contributed by atoms with Gasteiger partial charge in [0.15, 0.2) is 5.78 Å². The van der Waals surface area contributed by atoms with Crippen molar-refractivity contribution >= 4 is 33.1 Å². The van der Waals surface area contributed by atoms with E-state index in [2.05, 4.69) is 19.9 Å². The largest absolute Gasteiger partial charge is 0.486 e. The van der Waals surface area contributed by atoms with Gasteiger partial charge in [-0.1, -0.05) is 46.8 Å². The van der Waals surface area contributed by atoms with Crippen molar-refractivity contribution in [2.45, 2.75) is 104 Å². The number of ether oxygens (including phenoxy) is 2. The van der Waals surface area contributed by atoms with Crippen molar-refractivity contribution < 1.29 is 27.5 Å². The summed E-state index contributed by atoms with van der Waals surface area (Å²) in [6.45, 7) is 19.0. The molecule has 0 bridgehead atoms. The summed E-state index contributed by atoms with van der Waals surface area (Å²) in [5, 5.41) is 0. The molecule has 0 radical (unpaired) electrons. The molecule has 0 fully saturated rings. The number of hydrogen-bond donors (Lipinski definition) is 0. The Morgan fingerprint density at radius 1 is 0.950 bits per heavy atom. The van der Waals surface area contributed by atoms with Crippen LogP contribution in [0.15, 0.2) is 28.5 Å². The van der Waals surface area contributed by atoms with Crippen LogP contribution in [0.4, 0.5) is 0 Å². The van der Waals surface area contributed by atoms with Gasteiger partial charge in [0.25, 0.3) is 10.0 Å². The van der Waals surface area contributed by atoms with Crippen LogP contribution in [0.1, 0.15) is 96.2 Å². The molecule has 0 saturated heterocycles. The summed E-state index contributed by atoms with van der Waals surface area (Å²) in [5.74, 6) is 0.269. The fraction of sp³-hybridized carbons (Fsp3) is 0.613. The molecule has 9 heteroatoms. The second-order valence-corrected chi connectivity index (χ2v) is 15.8. The number of ketones is 1. The van der Waals surface area contributed by atoms with E-state index in [1.54, 1.807) is 20.8 Å². The molecule has 0 aliphatic carbocycles. The van der Waals surface area contributed by atoms with E-state index < -0.39 is 27.0 Å². The smallest absolute Gasteiger partial charge is 0.307 e. The summed E-state index contributed by atoms with van der Waals surface area (Å²) in [4.78, 5) is 25.5. The minimum atomic E-state index is -3.80. The fourth-order valence-corrected chi connectivity index (χ4v) is 7.89. The Balaban J connectivity index is 2.36. The Bertz CT molecular complexity index is 1310. The van der Waals surface area contributed by atoms with Gasteiger partial charge in [0.05, 0.1) is 6.42 Å². The molecule has 0 N–H and O–H groups in total. The molecule has 2 rings (SSSR count). The van der Waals surface area contributed by atoms with Gasteiger partial charge in [-0.25, -0.2) is 8.42 Å². The highest BCUT2D eigenvalue weighted by Crippen LogP contribution is 2.45. The van der Waals surface area contributed by atoms with Gasteiger partial charge in [-0.3, -0.25) is 9.59 Å². The second-order valence-electron chi connectivity index (χ2n) is 12.5. The highest BCUT2D eigenvalue weighted by Gasteiger charge is 2.36. The van der Waals surface area contributed by atoms with E-state index >= 15 is 0 Å². The third kappa shape index (κ3) is 7.95. The predicted molar refractivity (Wildman–Crippen MR) is 162 cm³/mol. The van der Waals surface area contributed by atoms with Crippen molar-refractivity contribution in [3.05, 3.63) is 45.8 Å². The van der Waals surface area contributed by atoms with Gasteiger partial charge in [0.2, 0.25) is 0 Å². The monoisotopic (exact) mass is 593 g/mol. The lowest BCUT2D eigenvalue weighted by Gasteiger charge is -2.32. The maximum atomic E-state index is 13.5. The van der Waals surface area contributed by atoms with E-state index in [1.807, 2.05) is 52.8 Å². The number of Topliss-reactive ketones (excluding diaryl/α,β-unsaturated/α-hetero) is 1. The standard InChI is InChI=1S/C31H47NO6S2/c1-12-31(13-2,23-14-15-24(21(3)18-23)37-20-25(33)29(5,6)7)26-19-22(4)28(39-26)40(35,36)32(11)17-16-27(34)38-30(8,9)10/h14-15,18-19H,12-13,16-17,20H2,1-11H3. The Hall–Kier alpha value is -2.23. The van der Waals surface area contributed by atoms with Crippen LogP contribution in [0.2, 0.25) is 0 Å². The molecule has 1 heterocycles. The fourth-order valence-electron chi connectivity index (χ4n) is 4.48. The minimum Gasteiger partial charge on any atom is -0.486 e. The SMILES string of the molecule is CCC(CC)(c1ccc(OCC(=O)C(C)(C)C)c(C)c1)c1cc(C)c(S(=O)(=O)N(C)CCC(=O)OC(C)(C)C)s1. The Kier molecular flexibility index (Phi) is 10.8. The molecule has 2 aromatic rings. The first-order chi connectivity index (χ1) is 18.3. The number of hydrogen-bond acceptors (Lipinski definition) is 7. The topological polar surface area (TPSA) is 90.0 Å². The lowest BCUT2D eigenvalue weighted by molar-refractivity contribution is -0.154. The average molecular weight is 594 g/mol. The maximum absolute atomic E-state index is 13.5. The lowest BCUT2D eigenvalue weighted by atomic mass is 9.74. The molecule has 40 heavy (non-hydrogen) atoms. The van der Waals surface area contributed by atoms with Gasteiger partial charge >= 0.3 is 5.97 Å². The number of carbonyl (C=O) groups is 2. The van der Waals surface area contributed by atoms with Crippen LogP contribution in [0.3, 0.4) is 0 Å². The van der Waals surface area contributed by atoms with E-state index in [4.69, 9.17) is 9.47 Å². The van der Waals surface area contributed by atoms with Crippen LogP contribution >= 0.6 is 11.3 Å². The van der Waals surface area contributed by atoms with Gasteiger partial charge in [0.1, 0.15) is 22.2 Å². The van der Waals surface area contributed by atoms with E-state index in [-0.39, 0.29) is 35.0 Å². The van der Waals surface area contributed by atoms with E-state index in [0.29, 0.717) is 11.3 Å². The van der Waals surface area contributed by atoms with E-state index in [9.17, 15) is 18.0 Å². The summed E-state index contributed by atoms with van der Waals surface area (Å²) in [6.07, 6.45) is 1.53. The zero-order valence-corrected chi connectivity index (χ0v) is 27.7. The van der Waals surface area contributed by atoms with Gasteiger partial charge in [-0.2, -0.15) is 4.31 Å². The minimum absolute atomic E-state index is 0.0170. The summed E-state index contributed by atoms with van der Waals surface area (Å²) < 4.78 is 39.8. The molecular weight excluding hydrogens is 546 g/mol. The van der Waals surface area contributed by atoms with Crippen LogP contribution in [-0.2, 0) is 29.8 Å². The number of thiophene rings is 1. The number of benzene rings is 1. The van der Waals surface area contributed by atoms with Crippen molar-refractivity contribution in [1.82, 2.24) is 4.31 Å². The molecule has 0 atom stereocenters. The molecule has 0 unspecified atom stereocenters. The highest BCUT2D eigenvalue weighted by molar-refractivity contribution is 7.91. The highest BCUT2D eigenvalue weighted by atomic mass is 32.2. The Labute approximate surface area is 245 Å². The maximum Gasteiger partial charge on any atom is 0.307 e. The third-order valence-corrected chi connectivity index (χ3v) is 11.1. The number of sulfonamides is 1. The average Bonchev–Trinajstić information content (AvgIpc) is 3.23. The van der Waals surface area contributed by atoms with Crippen LogP contribution in [0.25, 0.3) is 0 Å². The van der Waals surface area contributed by atoms with Crippen LogP contribution in [0.5, 0.6) is 5.75 Å². The number of esters is 1. The van der Waals surface area contributed by atoms with Gasteiger partial charge < -0.3 is 9.47 Å². The number of aryl methyl sites for hydroxylation is 2. The lowest BCUT2D eigenvalue weighted by Crippen LogP contribution is -2.31. The molecule has 224 valence electrons. The summed E-state index contributed by atoms with van der Waals surface area (Å²) in [6, 6.07) is 7.99. The molecule has 0 aliphatic heterocycles. The Morgan fingerprint density at radius 2 is 1.55 bits per heavy atom. The summed E-state index contributed by atoms with van der Waals surface area (Å²) >= 11 is 1.30. The Morgan fingerprint density at radius 3 is 2.05 bits per heavy atom. The van der Waals surface area contributed by atoms with Crippen LogP contribution < -0.4 is 4.74 Å². The first-order valence-electron chi connectivity index (χ1n) is 13.8. The van der Waals surface area contributed by atoms with E-state index in [0.717, 1.165) is 28.8 Å². The predicted octanol–water partition coefficient (Wildman–Crippen LogP) is 6.82.